The fourth-order valence-electron chi connectivity index (χ4n) is 2.54. The smallest absolute Gasteiger partial charge is 0.340 e. The number of carbonyl (C=O) groups excluding carboxylic acids is 1. The zero-order valence-corrected chi connectivity index (χ0v) is 15.5. The zero-order valence-electron chi connectivity index (χ0n) is 14.7. The lowest BCUT2D eigenvalue weighted by molar-refractivity contribution is -0.384. The molecule has 0 aliphatic carbocycles. The van der Waals surface area contributed by atoms with Crippen LogP contribution in [0.3, 0.4) is 0 Å². The van der Waals surface area contributed by atoms with Gasteiger partial charge in [-0.1, -0.05) is 29.8 Å². The number of anilines is 1. The quantitative estimate of drug-likeness (QED) is 0.349. The van der Waals surface area contributed by atoms with E-state index < -0.39 is 10.9 Å². The van der Waals surface area contributed by atoms with Gasteiger partial charge in [0, 0.05) is 41.8 Å². The molecule has 0 aliphatic rings. The van der Waals surface area contributed by atoms with Crippen molar-refractivity contribution in [1.29, 1.82) is 0 Å². The SMILES string of the molecule is O=C(OCCn1cccn1)c1cc([N+](=O)[O-])ccc1NCc1ccccc1Cl. The number of nitro benzene ring substituents is 1. The molecule has 9 heteroatoms. The highest BCUT2D eigenvalue weighted by Gasteiger charge is 2.18. The van der Waals surface area contributed by atoms with Crippen LogP contribution in [0.15, 0.2) is 60.9 Å². The van der Waals surface area contributed by atoms with Crippen LogP contribution < -0.4 is 5.32 Å². The van der Waals surface area contributed by atoms with Crippen LogP contribution >= 0.6 is 11.6 Å². The van der Waals surface area contributed by atoms with Gasteiger partial charge in [-0.2, -0.15) is 5.10 Å². The van der Waals surface area contributed by atoms with Gasteiger partial charge in [0.25, 0.3) is 5.69 Å². The summed E-state index contributed by atoms with van der Waals surface area (Å²) in [6.45, 7) is 0.828. The highest BCUT2D eigenvalue weighted by Crippen LogP contribution is 2.25. The van der Waals surface area contributed by atoms with E-state index in [0.29, 0.717) is 23.8 Å². The van der Waals surface area contributed by atoms with E-state index in [2.05, 4.69) is 10.4 Å². The second kappa shape index (κ2) is 9.01. The Morgan fingerprint density at radius 1 is 1.25 bits per heavy atom. The number of nitro groups is 1. The van der Waals surface area contributed by atoms with Crippen molar-refractivity contribution in [2.24, 2.45) is 0 Å². The van der Waals surface area contributed by atoms with Crippen LogP contribution in [-0.4, -0.2) is 27.3 Å². The molecule has 0 atom stereocenters. The lowest BCUT2D eigenvalue weighted by atomic mass is 10.1. The number of aromatic nitrogens is 2. The number of benzene rings is 2. The van der Waals surface area contributed by atoms with Crippen LogP contribution in [0.2, 0.25) is 5.02 Å². The average Bonchev–Trinajstić information content (AvgIpc) is 3.20. The molecular weight excluding hydrogens is 384 g/mol. The number of esters is 1. The number of hydrogen-bond donors (Lipinski definition) is 1. The highest BCUT2D eigenvalue weighted by molar-refractivity contribution is 6.31. The van der Waals surface area contributed by atoms with Crippen LogP contribution in [0.5, 0.6) is 0 Å². The molecule has 3 aromatic rings. The summed E-state index contributed by atoms with van der Waals surface area (Å²) in [5.41, 5.74) is 1.15. The molecule has 0 saturated carbocycles. The maximum absolute atomic E-state index is 12.5. The maximum atomic E-state index is 12.5. The summed E-state index contributed by atoms with van der Waals surface area (Å²) in [5.74, 6) is -0.655. The van der Waals surface area contributed by atoms with Gasteiger partial charge in [-0.15, -0.1) is 0 Å². The Kier molecular flexibility index (Phi) is 6.23. The third-order valence-corrected chi connectivity index (χ3v) is 4.34. The molecule has 1 heterocycles. The molecule has 0 aliphatic heterocycles. The molecule has 8 nitrogen and oxygen atoms in total. The molecule has 0 spiro atoms. The Bertz CT molecular complexity index is 976. The van der Waals surface area contributed by atoms with Gasteiger partial charge in [-0.25, -0.2) is 4.79 Å². The monoisotopic (exact) mass is 400 g/mol. The van der Waals surface area contributed by atoms with Crippen molar-refractivity contribution in [3.8, 4) is 0 Å². The molecule has 1 aromatic heterocycles. The molecule has 2 aromatic carbocycles. The first-order valence-electron chi connectivity index (χ1n) is 8.45. The molecule has 0 fully saturated rings. The molecule has 0 amide bonds. The largest absolute Gasteiger partial charge is 0.460 e. The second-order valence-electron chi connectivity index (χ2n) is 5.84. The minimum absolute atomic E-state index is 0.0849. The number of hydrogen-bond acceptors (Lipinski definition) is 6. The van der Waals surface area contributed by atoms with Gasteiger partial charge in [0.15, 0.2) is 0 Å². The van der Waals surface area contributed by atoms with Gasteiger partial charge in [-0.05, 0) is 23.8 Å². The summed E-state index contributed by atoms with van der Waals surface area (Å²) < 4.78 is 6.89. The van der Waals surface area contributed by atoms with E-state index in [0.717, 1.165) is 5.56 Å². The van der Waals surface area contributed by atoms with Crippen LogP contribution in [0, 0.1) is 10.1 Å². The van der Waals surface area contributed by atoms with Crippen molar-refractivity contribution in [3.63, 3.8) is 0 Å². The van der Waals surface area contributed by atoms with Gasteiger partial charge >= 0.3 is 5.97 Å². The van der Waals surface area contributed by atoms with Gasteiger partial charge in [0.2, 0.25) is 0 Å². The van der Waals surface area contributed by atoms with E-state index in [1.54, 1.807) is 29.2 Å². The molecule has 1 N–H and O–H groups in total. The van der Waals surface area contributed by atoms with Gasteiger partial charge < -0.3 is 10.1 Å². The Balaban J connectivity index is 1.74. The van der Waals surface area contributed by atoms with Crippen LogP contribution in [-0.2, 0) is 17.8 Å². The van der Waals surface area contributed by atoms with E-state index in [-0.39, 0.29) is 17.9 Å². The minimum Gasteiger partial charge on any atom is -0.460 e. The Hall–Kier alpha value is -3.39. The molecule has 144 valence electrons. The fraction of sp³-hybridized carbons (Fsp3) is 0.158. The topological polar surface area (TPSA) is 99.3 Å². The van der Waals surface area contributed by atoms with Crippen molar-refractivity contribution >= 4 is 28.9 Å². The molecule has 0 unspecified atom stereocenters. The van der Waals surface area contributed by atoms with Gasteiger partial charge in [-0.3, -0.25) is 14.8 Å². The van der Waals surface area contributed by atoms with Crippen molar-refractivity contribution in [1.82, 2.24) is 9.78 Å². The number of ether oxygens (including phenoxy) is 1. The first-order valence-corrected chi connectivity index (χ1v) is 8.82. The predicted molar refractivity (Wildman–Crippen MR) is 104 cm³/mol. The summed E-state index contributed by atoms with van der Waals surface area (Å²) in [4.78, 5) is 23.0. The predicted octanol–water partition coefficient (Wildman–Crippen LogP) is 3.91. The standard InChI is InChI=1S/C19H17ClN4O4/c20-17-5-2-1-4-14(17)13-21-18-7-6-15(24(26)27)12-16(18)19(25)28-11-10-23-9-3-8-22-23/h1-9,12,21H,10-11,13H2. The number of carbonyl (C=O) groups is 1. The lowest BCUT2D eigenvalue weighted by Crippen LogP contribution is -2.14. The molecule has 3 rings (SSSR count). The Labute approximate surface area is 165 Å². The van der Waals surface area contributed by atoms with E-state index in [1.165, 1.54) is 18.2 Å². The molecule has 28 heavy (non-hydrogen) atoms. The van der Waals surface area contributed by atoms with Crippen molar-refractivity contribution < 1.29 is 14.5 Å². The summed E-state index contributed by atoms with van der Waals surface area (Å²) in [5, 5.41) is 18.8. The van der Waals surface area contributed by atoms with Crippen LogP contribution in [0.1, 0.15) is 15.9 Å². The molecular formula is C19H17ClN4O4. The average molecular weight is 401 g/mol. The van der Waals surface area contributed by atoms with Gasteiger partial charge in [0.05, 0.1) is 17.0 Å². The third-order valence-electron chi connectivity index (χ3n) is 3.97. The fourth-order valence-corrected chi connectivity index (χ4v) is 2.75. The minimum atomic E-state index is -0.655. The first-order chi connectivity index (χ1) is 13.5. The van der Waals surface area contributed by atoms with Crippen LogP contribution in [0.25, 0.3) is 0 Å². The lowest BCUT2D eigenvalue weighted by Gasteiger charge is -2.13. The summed E-state index contributed by atoms with van der Waals surface area (Å²) >= 11 is 6.15. The summed E-state index contributed by atoms with van der Waals surface area (Å²) in [6, 6.07) is 13.1. The van der Waals surface area contributed by atoms with Crippen molar-refractivity contribution in [2.75, 3.05) is 11.9 Å². The number of nitrogens with zero attached hydrogens (tertiary/aromatic N) is 3. The number of halogens is 1. The third kappa shape index (κ3) is 4.86. The van der Waals surface area contributed by atoms with E-state index in [9.17, 15) is 14.9 Å². The van der Waals surface area contributed by atoms with E-state index >= 15 is 0 Å². The number of non-ortho nitro benzene ring substituents is 1. The molecule has 0 radical (unpaired) electrons. The Morgan fingerprint density at radius 3 is 2.79 bits per heavy atom. The van der Waals surface area contributed by atoms with Crippen molar-refractivity contribution in [3.05, 3.63) is 87.2 Å². The van der Waals surface area contributed by atoms with E-state index in [1.807, 2.05) is 18.2 Å². The second-order valence-corrected chi connectivity index (χ2v) is 6.24. The number of rotatable bonds is 8. The summed E-state index contributed by atoms with van der Waals surface area (Å²) in [7, 11) is 0. The Morgan fingerprint density at radius 2 is 2.07 bits per heavy atom. The zero-order chi connectivity index (χ0) is 19.9. The normalized spacial score (nSPS) is 10.5. The van der Waals surface area contributed by atoms with Crippen LogP contribution in [0.4, 0.5) is 11.4 Å². The number of nitrogens with one attached hydrogen (secondary N) is 1. The molecule has 0 bridgehead atoms. The van der Waals surface area contributed by atoms with Crippen molar-refractivity contribution in [2.45, 2.75) is 13.1 Å². The maximum Gasteiger partial charge on any atom is 0.340 e. The summed E-state index contributed by atoms with van der Waals surface area (Å²) in [6.07, 6.45) is 3.37. The molecule has 0 saturated heterocycles. The van der Waals surface area contributed by atoms with E-state index in [4.69, 9.17) is 16.3 Å². The highest BCUT2D eigenvalue weighted by atomic mass is 35.5. The van der Waals surface area contributed by atoms with Gasteiger partial charge in [0.1, 0.15) is 6.61 Å². The first kappa shape index (κ1) is 19.4.